The molecular weight excluding hydrogens is 256 g/mol. The van der Waals surface area contributed by atoms with Crippen molar-refractivity contribution in [1.82, 2.24) is 9.80 Å². The van der Waals surface area contributed by atoms with Crippen LogP contribution in [0.4, 0.5) is 0 Å². The molecule has 0 N–H and O–H groups in total. The van der Waals surface area contributed by atoms with Crippen LogP contribution in [0.3, 0.4) is 0 Å². The van der Waals surface area contributed by atoms with Crippen LogP contribution in [-0.4, -0.2) is 42.3 Å². The van der Waals surface area contributed by atoms with E-state index in [9.17, 15) is 9.59 Å². The molecule has 0 saturated carbocycles. The van der Waals surface area contributed by atoms with Crippen LogP contribution in [-0.2, 0) is 26.7 Å². The second kappa shape index (κ2) is 3.68. The van der Waals surface area contributed by atoms with Gasteiger partial charge in [0.2, 0.25) is 11.8 Å². The third-order valence-electron chi connectivity index (χ3n) is 4.96. The molecule has 2 saturated heterocycles. The van der Waals surface area contributed by atoms with Crippen LogP contribution < -0.4 is 0 Å². The molecule has 0 aromatic heterocycles. The maximum absolute atomic E-state index is 12.5. The number of ether oxygens (including phenoxy) is 1. The lowest BCUT2D eigenvalue weighted by atomic mass is 9.85. The van der Waals surface area contributed by atoms with E-state index in [0.717, 1.165) is 11.1 Å². The average molecular weight is 272 g/mol. The summed E-state index contributed by atoms with van der Waals surface area (Å²) in [4.78, 5) is 28.0. The number of fused-ring (bicyclic) bond motifs is 4. The molecule has 3 atom stereocenters. The van der Waals surface area contributed by atoms with E-state index >= 15 is 0 Å². The van der Waals surface area contributed by atoms with Crippen molar-refractivity contribution in [2.75, 3.05) is 20.6 Å². The Hall–Kier alpha value is -1.72. The summed E-state index contributed by atoms with van der Waals surface area (Å²) in [5.74, 6) is -0.921. The maximum atomic E-state index is 12.5. The summed E-state index contributed by atoms with van der Waals surface area (Å²) in [6, 6.07) is 7.97. The predicted molar refractivity (Wildman–Crippen MR) is 70.3 cm³/mol. The van der Waals surface area contributed by atoms with E-state index in [0.29, 0.717) is 13.2 Å². The Labute approximate surface area is 117 Å². The van der Waals surface area contributed by atoms with Crippen LogP contribution in [0.2, 0.25) is 0 Å². The number of nitrogens with zero attached hydrogens (tertiary/aromatic N) is 2. The van der Waals surface area contributed by atoms with Gasteiger partial charge in [0.1, 0.15) is 0 Å². The van der Waals surface area contributed by atoms with Crippen molar-refractivity contribution in [1.29, 1.82) is 0 Å². The molecule has 0 aliphatic carbocycles. The van der Waals surface area contributed by atoms with E-state index in [1.165, 1.54) is 4.90 Å². The van der Waals surface area contributed by atoms with Crippen LogP contribution in [0.1, 0.15) is 11.1 Å². The highest BCUT2D eigenvalue weighted by Crippen LogP contribution is 2.54. The van der Waals surface area contributed by atoms with Gasteiger partial charge in [0, 0.05) is 19.2 Å². The zero-order valence-corrected chi connectivity index (χ0v) is 11.5. The fourth-order valence-electron chi connectivity index (χ4n) is 4.01. The summed E-state index contributed by atoms with van der Waals surface area (Å²) in [7, 11) is 3.50. The molecule has 0 radical (unpaired) electrons. The molecular formula is C15H16N2O3. The molecule has 4 rings (SSSR count). The van der Waals surface area contributed by atoms with Crippen molar-refractivity contribution < 1.29 is 14.3 Å². The lowest BCUT2D eigenvalue weighted by Gasteiger charge is -2.35. The van der Waals surface area contributed by atoms with E-state index in [1.807, 2.05) is 36.2 Å². The fourth-order valence-corrected chi connectivity index (χ4v) is 4.01. The lowest BCUT2D eigenvalue weighted by Crippen LogP contribution is -2.47. The van der Waals surface area contributed by atoms with Crippen LogP contribution in [0.15, 0.2) is 24.3 Å². The highest BCUT2D eigenvalue weighted by molar-refractivity contribution is 6.06. The Balaban J connectivity index is 1.91. The van der Waals surface area contributed by atoms with Crippen LogP contribution in [0.25, 0.3) is 0 Å². The maximum Gasteiger partial charge on any atom is 0.237 e. The van der Waals surface area contributed by atoms with Gasteiger partial charge >= 0.3 is 0 Å². The van der Waals surface area contributed by atoms with E-state index in [-0.39, 0.29) is 17.7 Å². The Bertz CT molecular complexity index is 629. The Kier molecular flexibility index (Phi) is 2.22. The van der Waals surface area contributed by atoms with Gasteiger partial charge in [-0.05, 0) is 12.6 Å². The molecule has 3 aliphatic heterocycles. The monoisotopic (exact) mass is 272 g/mol. The van der Waals surface area contributed by atoms with Gasteiger partial charge in [0.05, 0.1) is 18.4 Å². The number of amides is 2. The number of likely N-dealkylation sites (tertiary alicyclic amines) is 2. The van der Waals surface area contributed by atoms with Crippen molar-refractivity contribution in [2.24, 2.45) is 11.8 Å². The smallest absolute Gasteiger partial charge is 0.237 e. The normalized spacial score (nSPS) is 36.0. The number of carbonyl (C=O) groups is 2. The summed E-state index contributed by atoms with van der Waals surface area (Å²) in [5, 5.41) is 0. The molecule has 3 unspecified atom stereocenters. The van der Waals surface area contributed by atoms with Crippen LogP contribution in [0.5, 0.6) is 0 Å². The molecule has 2 amide bonds. The quantitative estimate of drug-likeness (QED) is 0.647. The summed E-state index contributed by atoms with van der Waals surface area (Å²) in [5.41, 5.74) is 1.37. The number of carbonyl (C=O) groups excluding carboxylic acids is 2. The Morgan fingerprint density at radius 2 is 1.95 bits per heavy atom. The number of rotatable bonds is 0. The second-order valence-electron chi connectivity index (χ2n) is 5.84. The highest BCUT2D eigenvalue weighted by atomic mass is 16.5. The largest absolute Gasteiger partial charge is 0.351 e. The number of benzene rings is 1. The lowest BCUT2D eigenvalue weighted by molar-refractivity contribution is -0.167. The van der Waals surface area contributed by atoms with Gasteiger partial charge in [-0.2, -0.15) is 0 Å². The summed E-state index contributed by atoms with van der Waals surface area (Å²) >= 11 is 0. The first kappa shape index (κ1) is 12.1. The molecule has 0 bridgehead atoms. The van der Waals surface area contributed by atoms with Gasteiger partial charge in [-0.1, -0.05) is 24.3 Å². The molecule has 1 spiro atoms. The third kappa shape index (κ3) is 1.16. The van der Waals surface area contributed by atoms with Crippen molar-refractivity contribution in [3.05, 3.63) is 35.4 Å². The highest BCUT2D eigenvalue weighted by Gasteiger charge is 2.66. The third-order valence-corrected chi connectivity index (χ3v) is 4.96. The summed E-state index contributed by atoms with van der Waals surface area (Å²) in [6.45, 7) is 1.06. The molecule has 3 heterocycles. The Morgan fingerprint density at radius 3 is 2.75 bits per heavy atom. The zero-order chi connectivity index (χ0) is 14.1. The first-order chi connectivity index (χ1) is 9.57. The van der Waals surface area contributed by atoms with Gasteiger partial charge in [-0.15, -0.1) is 0 Å². The minimum atomic E-state index is -0.765. The number of hydrogen-bond acceptors (Lipinski definition) is 4. The van der Waals surface area contributed by atoms with Crippen molar-refractivity contribution in [2.45, 2.75) is 12.3 Å². The molecule has 2 fully saturated rings. The molecule has 5 heteroatoms. The SMILES string of the molecule is CN1C(=O)C2CN(C)C3(OCc4ccccc43)C2C1=O. The van der Waals surface area contributed by atoms with Crippen molar-refractivity contribution in [3.8, 4) is 0 Å². The first-order valence-electron chi connectivity index (χ1n) is 6.82. The molecule has 20 heavy (non-hydrogen) atoms. The van der Waals surface area contributed by atoms with Gasteiger partial charge in [-0.3, -0.25) is 19.4 Å². The second-order valence-corrected chi connectivity index (χ2v) is 5.84. The summed E-state index contributed by atoms with van der Waals surface area (Å²) < 4.78 is 6.09. The molecule has 5 nitrogen and oxygen atoms in total. The topological polar surface area (TPSA) is 49.9 Å². The van der Waals surface area contributed by atoms with E-state index in [2.05, 4.69) is 0 Å². The van der Waals surface area contributed by atoms with Gasteiger partial charge in [0.25, 0.3) is 0 Å². The van der Waals surface area contributed by atoms with Crippen LogP contribution >= 0.6 is 0 Å². The number of imide groups is 1. The van der Waals surface area contributed by atoms with Gasteiger partial charge in [0.15, 0.2) is 5.72 Å². The minimum absolute atomic E-state index is 0.0864. The molecule has 104 valence electrons. The average Bonchev–Trinajstić information content (AvgIpc) is 3.04. The summed E-state index contributed by atoms with van der Waals surface area (Å²) in [6.07, 6.45) is 0. The molecule has 1 aromatic rings. The standard InChI is InChI=1S/C15H16N2O3/c1-16-7-10-12(14(19)17(2)13(10)18)15(16)11-6-4-3-5-9(11)8-20-15/h3-6,10,12H,7-8H2,1-2H3. The number of hydrogen-bond donors (Lipinski definition) is 0. The van der Waals surface area contributed by atoms with Crippen LogP contribution in [0, 0.1) is 11.8 Å². The molecule has 1 aromatic carbocycles. The molecule has 3 aliphatic rings. The van der Waals surface area contributed by atoms with Crippen molar-refractivity contribution >= 4 is 11.8 Å². The van der Waals surface area contributed by atoms with E-state index < -0.39 is 11.6 Å². The van der Waals surface area contributed by atoms with Crippen molar-refractivity contribution in [3.63, 3.8) is 0 Å². The zero-order valence-electron chi connectivity index (χ0n) is 11.5. The van der Waals surface area contributed by atoms with Gasteiger partial charge < -0.3 is 4.74 Å². The predicted octanol–water partition coefficient (Wildman–Crippen LogP) is 0.546. The van der Waals surface area contributed by atoms with Gasteiger partial charge in [-0.25, -0.2) is 0 Å². The first-order valence-corrected chi connectivity index (χ1v) is 6.82. The van der Waals surface area contributed by atoms with E-state index in [1.54, 1.807) is 7.05 Å². The van der Waals surface area contributed by atoms with E-state index in [4.69, 9.17) is 4.74 Å². The Morgan fingerprint density at radius 1 is 1.20 bits per heavy atom. The fraction of sp³-hybridized carbons (Fsp3) is 0.467. The minimum Gasteiger partial charge on any atom is -0.351 e.